The summed E-state index contributed by atoms with van der Waals surface area (Å²) in [5.74, 6) is 0.129. The van der Waals surface area contributed by atoms with Crippen molar-refractivity contribution in [2.75, 3.05) is 0 Å². The summed E-state index contributed by atoms with van der Waals surface area (Å²) in [6.07, 6.45) is 1.49. The predicted octanol–water partition coefficient (Wildman–Crippen LogP) is 4.19. The van der Waals surface area contributed by atoms with Crippen molar-refractivity contribution in [1.29, 1.82) is 0 Å². The standard InChI is InChI=1S/C19H17NO2/c1-14-4-2-5-17(12-14)16-9-7-15(8-10-16)13-20-19(21)18-6-3-11-22-18/h2-12H,13H2,1H3,(H,20,21). The van der Waals surface area contributed by atoms with Gasteiger partial charge in [-0.2, -0.15) is 0 Å². The van der Waals surface area contributed by atoms with E-state index >= 15 is 0 Å². The molecule has 22 heavy (non-hydrogen) atoms. The van der Waals surface area contributed by atoms with Crippen LogP contribution in [0.2, 0.25) is 0 Å². The van der Waals surface area contributed by atoms with Gasteiger partial charge in [0.05, 0.1) is 6.26 Å². The molecule has 1 aromatic heterocycles. The van der Waals surface area contributed by atoms with Crippen LogP contribution >= 0.6 is 0 Å². The van der Waals surface area contributed by atoms with Crippen LogP contribution in [-0.2, 0) is 6.54 Å². The highest BCUT2D eigenvalue weighted by Gasteiger charge is 2.07. The highest BCUT2D eigenvalue weighted by molar-refractivity contribution is 5.91. The number of furan rings is 1. The zero-order valence-corrected chi connectivity index (χ0v) is 12.4. The normalized spacial score (nSPS) is 10.4. The van der Waals surface area contributed by atoms with Crippen molar-refractivity contribution in [3.63, 3.8) is 0 Å². The van der Waals surface area contributed by atoms with Gasteiger partial charge in [0.1, 0.15) is 0 Å². The minimum atomic E-state index is -0.201. The van der Waals surface area contributed by atoms with Gasteiger partial charge in [0, 0.05) is 6.54 Å². The number of aryl methyl sites for hydroxylation is 1. The molecule has 0 spiro atoms. The average molecular weight is 291 g/mol. The fourth-order valence-electron chi connectivity index (χ4n) is 2.32. The molecular weight excluding hydrogens is 274 g/mol. The second-order valence-electron chi connectivity index (χ2n) is 5.23. The number of carbonyl (C=O) groups is 1. The molecule has 0 unspecified atom stereocenters. The molecule has 0 atom stereocenters. The largest absolute Gasteiger partial charge is 0.459 e. The first kappa shape index (κ1) is 14.1. The Labute approximate surface area is 129 Å². The zero-order chi connectivity index (χ0) is 15.4. The third-order valence-electron chi connectivity index (χ3n) is 3.50. The molecule has 0 fully saturated rings. The summed E-state index contributed by atoms with van der Waals surface area (Å²) in [5.41, 5.74) is 4.67. The van der Waals surface area contributed by atoms with E-state index in [0.717, 1.165) is 5.56 Å². The number of benzene rings is 2. The molecule has 0 saturated carbocycles. The molecule has 3 aromatic rings. The molecule has 3 rings (SSSR count). The van der Waals surface area contributed by atoms with Crippen molar-refractivity contribution in [3.05, 3.63) is 83.8 Å². The van der Waals surface area contributed by atoms with Crippen LogP contribution in [-0.4, -0.2) is 5.91 Å². The summed E-state index contributed by atoms with van der Waals surface area (Å²) in [6, 6.07) is 20.0. The van der Waals surface area contributed by atoms with Gasteiger partial charge in [-0.3, -0.25) is 4.79 Å². The second-order valence-corrected chi connectivity index (χ2v) is 5.23. The van der Waals surface area contributed by atoms with E-state index in [2.05, 4.69) is 48.6 Å². The van der Waals surface area contributed by atoms with Crippen molar-refractivity contribution in [3.8, 4) is 11.1 Å². The summed E-state index contributed by atoms with van der Waals surface area (Å²) in [5, 5.41) is 2.84. The minimum absolute atomic E-state index is 0.201. The lowest BCUT2D eigenvalue weighted by molar-refractivity contribution is 0.0923. The molecule has 0 radical (unpaired) electrons. The topological polar surface area (TPSA) is 42.2 Å². The first-order chi connectivity index (χ1) is 10.7. The Hall–Kier alpha value is -2.81. The molecular formula is C19H17NO2. The Bertz CT molecular complexity index is 758. The van der Waals surface area contributed by atoms with Crippen LogP contribution in [0.15, 0.2) is 71.3 Å². The molecule has 1 heterocycles. The van der Waals surface area contributed by atoms with E-state index in [9.17, 15) is 4.79 Å². The van der Waals surface area contributed by atoms with Gasteiger partial charge in [0.15, 0.2) is 5.76 Å². The fourth-order valence-corrected chi connectivity index (χ4v) is 2.32. The maximum atomic E-state index is 11.8. The van der Waals surface area contributed by atoms with E-state index in [1.165, 1.54) is 23.0 Å². The van der Waals surface area contributed by atoms with Gasteiger partial charge in [-0.05, 0) is 35.7 Å². The molecule has 0 aliphatic carbocycles. The Morgan fingerprint density at radius 1 is 1.00 bits per heavy atom. The van der Waals surface area contributed by atoms with Crippen LogP contribution in [0, 0.1) is 6.92 Å². The van der Waals surface area contributed by atoms with Gasteiger partial charge in [-0.1, -0.05) is 54.1 Å². The van der Waals surface area contributed by atoms with Gasteiger partial charge < -0.3 is 9.73 Å². The SMILES string of the molecule is Cc1cccc(-c2ccc(CNC(=O)c3ccco3)cc2)c1. The summed E-state index contributed by atoms with van der Waals surface area (Å²) in [6.45, 7) is 2.57. The summed E-state index contributed by atoms with van der Waals surface area (Å²) in [7, 11) is 0. The summed E-state index contributed by atoms with van der Waals surface area (Å²) in [4.78, 5) is 11.8. The van der Waals surface area contributed by atoms with Gasteiger partial charge in [-0.25, -0.2) is 0 Å². The number of hydrogen-bond donors (Lipinski definition) is 1. The van der Waals surface area contributed by atoms with Gasteiger partial charge in [0.2, 0.25) is 0 Å². The highest BCUT2D eigenvalue weighted by Crippen LogP contribution is 2.20. The maximum Gasteiger partial charge on any atom is 0.287 e. The molecule has 3 nitrogen and oxygen atoms in total. The fraction of sp³-hybridized carbons (Fsp3) is 0.105. The quantitative estimate of drug-likeness (QED) is 0.783. The lowest BCUT2D eigenvalue weighted by atomic mass is 10.0. The number of nitrogens with one attached hydrogen (secondary N) is 1. The number of hydrogen-bond acceptors (Lipinski definition) is 2. The van der Waals surface area contributed by atoms with Gasteiger partial charge in [-0.15, -0.1) is 0 Å². The second kappa shape index (κ2) is 6.31. The van der Waals surface area contributed by atoms with Crippen molar-refractivity contribution in [2.24, 2.45) is 0 Å². The monoisotopic (exact) mass is 291 g/mol. The number of rotatable bonds is 4. The molecule has 0 aliphatic heterocycles. The van der Waals surface area contributed by atoms with Crippen LogP contribution in [0.1, 0.15) is 21.7 Å². The van der Waals surface area contributed by atoms with Gasteiger partial charge >= 0.3 is 0 Å². The van der Waals surface area contributed by atoms with E-state index in [-0.39, 0.29) is 5.91 Å². The summed E-state index contributed by atoms with van der Waals surface area (Å²) < 4.78 is 5.06. The number of carbonyl (C=O) groups excluding carboxylic acids is 1. The molecule has 1 amide bonds. The average Bonchev–Trinajstić information content (AvgIpc) is 3.08. The molecule has 0 saturated heterocycles. The van der Waals surface area contributed by atoms with Gasteiger partial charge in [0.25, 0.3) is 5.91 Å². The highest BCUT2D eigenvalue weighted by atomic mass is 16.3. The van der Waals surface area contributed by atoms with E-state index in [1.54, 1.807) is 12.1 Å². The van der Waals surface area contributed by atoms with E-state index < -0.39 is 0 Å². The van der Waals surface area contributed by atoms with E-state index in [4.69, 9.17) is 4.42 Å². The molecule has 1 N–H and O–H groups in total. The first-order valence-corrected chi connectivity index (χ1v) is 7.20. The molecule has 2 aromatic carbocycles. The Morgan fingerprint density at radius 3 is 2.50 bits per heavy atom. The third-order valence-corrected chi connectivity index (χ3v) is 3.50. The minimum Gasteiger partial charge on any atom is -0.459 e. The molecule has 0 aliphatic rings. The third kappa shape index (κ3) is 3.26. The van der Waals surface area contributed by atoms with Crippen LogP contribution in [0.3, 0.4) is 0 Å². The van der Waals surface area contributed by atoms with E-state index in [0.29, 0.717) is 12.3 Å². The van der Waals surface area contributed by atoms with Crippen molar-refractivity contribution >= 4 is 5.91 Å². The molecule has 0 bridgehead atoms. The lowest BCUT2D eigenvalue weighted by Crippen LogP contribution is -2.22. The van der Waals surface area contributed by atoms with Crippen LogP contribution < -0.4 is 5.32 Å². The summed E-state index contributed by atoms with van der Waals surface area (Å²) >= 11 is 0. The van der Waals surface area contributed by atoms with Crippen LogP contribution in [0.25, 0.3) is 11.1 Å². The number of amides is 1. The Balaban J connectivity index is 1.66. The smallest absolute Gasteiger partial charge is 0.287 e. The van der Waals surface area contributed by atoms with Crippen LogP contribution in [0.5, 0.6) is 0 Å². The maximum absolute atomic E-state index is 11.8. The van der Waals surface area contributed by atoms with E-state index in [1.807, 2.05) is 12.1 Å². The van der Waals surface area contributed by atoms with Crippen molar-refractivity contribution in [2.45, 2.75) is 13.5 Å². The van der Waals surface area contributed by atoms with Crippen LogP contribution in [0.4, 0.5) is 0 Å². The first-order valence-electron chi connectivity index (χ1n) is 7.20. The molecule has 3 heteroatoms. The van der Waals surface area contributed by atoms with Crippen molar-refractivity contribution in [1.82, 2.24) is 5.32 Å². The Morgan fingerprint density at radius 2 is 1.82 bits per heavy atom. The van der Waals surface area contributed by atoms with Crippen molar-refractivity contribution < 1.29 is 9.21 Å². The zero-order valence-electron chi connectivity index (χ0n) is 12.4. The predicted molar refractivity (Wildman–Crippen MR) is 86.5 cm³/mol. The lowest BCUT2D eigenvalue weighted by Gasteiger charge is -2.06. The Kier molecular flexibility index (Phi) is 4.05. The molecule has 110 valence electrons.